The molecular weight excluding hydrogens is 564 g/mol. The normalized spacial score (nSPS) is 33.5. The van der Waals surface area contributed by atoms with Gasteiger partial charge in [-0.05, 0) is 31.2 Å². The van der Waals surface area contributed by atoms with Crippen LogP contribution in [0.15, 0.2) is 45.6 Å². The number of hydrogen-bond donors (Lipinski definition) is 9. The monoisotopic (exact) mass is 594 g/mol. The quantitative estimate of drug-likeness (QED) is 0.159. The van der Waals surface area contributed by atoms with Crippen LogP contribution in [0.4, 0.5) is 0 Å². The number of aliphatic hydroxyl groups excluding tert-OH is 6. The molecule has 228 valence electrons. The summed E-state index contributed by atoms with van der Waals surface area (Å²) in [6.07, 6.45) is -15.6. The van der Waals surface area contributed by atoms with Gasteiger partial charge in [0.05, 0.1) is 12.7 Å². The lowest BCUT2D eigenvalue weighted by atomic mass is 9.97. The second-order valence-corrected chi connectivity index (χ2v) is 10.1. The first-order valence-electron chi connectivity index (χ1n) is 12.9. The van der Waals surface area contributed by atoms with E-state index in [0.717, 1.165) is 6.07 Å². The maximum Gasteiger partial charge on any atom is 0.238 e. The molecule has 0 aliphatic carbocycles. The highest BCUT2D eigenvalue weighted by molar-refractivity contribution is 5.88. The van der Waals surface area contributed by atoms with E-state index in [1.54, 1.807) is 0 Å². The van der Waals surface area contributed by atoms with E-state index < -0.39 is 84.9 Å². The fourth-order valence-corrected chi connectivity index (χ4v) is 4.87. The summed E-state index contributed by atoms with van der Waals surface area (Å²) < 4.78 is 27.9. The number of aromatic hydroxyl groups is 3. The molecule has 0 bridgehead atoms. The molecule has 9 N–H and O–H groups in total. The predicted octanol–water partition coefficient (Wildman–Crippen LogP) is -1.39. The molecule has 0 radical (unpaired) electrons. The van der Waals surface area contributed by atoms with E-state index in [0.29, 0.717) is 0 Å². The molecule has 0 amide bonds. The molecule has 5 rings (SSSR count). The summed E-state index contributed by atoms with van der Waals surface area (Å²) in [5, 5.41) is 91.6. The summed E-state index contributed by atoms with van der Waals surface area (Å²) in [7, 11) is 0. The molecule has 0 spiro atoms. The van der Waals surface area contributed by atoms with Crippen molar-refractivity contribution in [3.05, 3.63) is 46.6 Å². The third-order valence-electron chi connectivity index (χ3n) is 7.23. The largest absolute Gasteiger partial charge is 0.508 e. The van der Waals surface area contributed by atoms with Crippen molar-refractivity contribution in [3.63, 3.8) is 0 Å². The third-order valence-corrected chi connectivity index (χ3v) is 7.23. The van der Waals surface area contributed by atoms with Crippen molar-refractivity contribution in [2.24, 2.45) is 0 Å². The highest BCUT2D eigenvalue weighted by Crippen LogP contribution is 2.37. The van der Waals surface area contributed by atoms with Gasteiger partial charge in [0.25, 0.3) is 0 Å². The molecular formula is C27H30O15. The van der Waals surface area contributed by atoms with E-state index >= 15 is 0 Å². The van der Waals surface area contributed by atoms with Crippen LogP contribution in [0.25, 0.3) is 22.3 Å². The van der Waals surface area contributed by atoms with Crippen LogP contribution in [0.2, 0.25) is 0 Å². The Hall–Kier alpha value is -3.51. The highest BCUT2D eigenvalue weighted by Gasteiger charge is 2.50. The Morgan fingerprint density at radius 3 is 2.19 bits per heavy atom. The average Bonchev–Trinajstić information content (AvgIpc) is 2.96. The Bertz CT molecular complexity index is 1470. The number of phenols is 2. The van der Waals surface area contributed by atoms with Gasteiger partial charge in [0, 0.05) is 17.7 Å². The van der Waals surface area contributed by atoms with E-state index in [1.165, 1.54) is 37.3 Å². The van der Waals surface area contributed by atoms with Crippen LogP contribution in [-0.4, -0.2) is 114 Å². The van der Waals surface area contributed by atoms with Crippen LogP contribution in [-0.2, 0) is 14.2 Å². The third kappa shape index (κ3) is 5.37. The summed E-state index contributed by atoms with van der Waals surface area (Å²) in [5.74, 6) is -1.88. The van der Waals surface area contributed by atoms with Crippen LogP contribution in [0.5, 0.6) is 23.0 Å². The minimum atomic E-state index is -1.81. The molecule has 2 aliphatic rings. The first-order chi connectivity index (χ1) is 19.9. The SMILES string of the molecule is C[C@@H]1O[C@@H](Oc2cc(O)c3c(=O)c(O)c(-c4ccc(O)cc4)oc3c2)[C@H](O)[C@H](O[C@@H]2O[C@H](CO)[C@@H](O)[C@H](O)[C@H]2O)[C@H]1O. The summed E-state index contributed by atoms with van der Waals surface area (Å²) in [6, 6.07) is 7.63. The molecule has 15 heteroatoms. The van der Waals surface area contributed by atoms with Gasteiger partial charge in [0.1, 0.15) is 70.9 Å². The van der Waals surface area contributed by atoms with Gasteiger partial charge in [-0.25, -0.2) is 0 Å². The van der Waals surface area contributed by atoms with E-state index in [9.17, 15) is 50.8 Å². The van der Waals surface area contributed by atoms with Crippen molar-refractivity contribution in [1.82, 2.24) is 0 Å². The Morgan fingerprint density at radius 1 is 0.833 bits per heavy atom. The molecule has 3 aromatic rings. The fourth-order valence-electron chi connectivity index (χ4n) is 4.87. The zero-order valence-corrected chi connectivity index (χ0v) is 21.9. The van der Waals surface area contributed by atoms with Crippen molar-refractivity contribution in [1.29, 1.82) is 0 Å². The predicted molar refractivity (Wildman–Crippen MR) is 139 cm³/mol. The molecule has 15 nitrogen and oxygen atoms in total. The summed E-state index contributed by atoms with van der Waals surface area (Å²) in [6.45, 7) is 0.708. The standard InChI is InChI=1S/C27H30O15/c1-9-17(31)25(42-26-22(36)20(34)18(32)15(8-28)41-26)23(37)27(38-9)39-12-6-13(30)16-14(7-12)40-24(21(35)19(16)33)10-2-4-11(29)5-3-10/h2-7,9,15,17-18,20,22-23,25-32,34-37H,8H2,1H3/t9-,15+,17-,18+,20-,22+,23+,25+,26-,27-/m0/s1. The first-order valence-corrected chi connectivity index (χ1v) is 12.9. The minimum Gasteiger partial charge on any atom is -0.508 e. The maximum atomic E-state index is 12.8. The molecule has 10 atom stereocenters. The number of aliphatic hydroxyl groups is 6. The van der Waals surface area contributed by atoms with Gasteiger partial charge in [-0.3, -0.25) is 4.79 Å². The number of hydrogen-bond acceptors (Lipinski definition) is 15. The van der Waals surface area contributed by atoms with Gasteiger partial charge < -0.3 is 69.3 Å². The molecule has 2 fully saturated rings. The van der Waals surface area contributed by atoms with Gasteiger partial charge in [-0.1, -0.05) is 0 Å². The van der Waals surface area contributed by atoms with Crippen LogP contribution < -0.4 is 10.2 Å². The molecule has 0 saturated carbocycles. The molecule has 2 saturated heterocycles. The summed E-state index contributed by atoms with van der Waals surface area (Å²) in [4.78, 5) is 12.8. The second-order valence-electron chi connectivity index (χ2n) is 10.1. The van der Waals surface area contributed by atoms with Crippen molar-refractivity contribution in [2.45, 2.75) is 68.3 Å². The summed E-state index contributed by atoms with van der Waals surface area (Å²) in [5.41, 5.74) is -0.900. The van der Waals surface area contributed by atoms with Gasteiger partial charge in [-0.2, -0.15) is 0 Å². The molecule has 1 aromatic heterocycles. The van der Waals surface area contributed by atoms with Crippen LogP contribution in [0, 0.1) is 0 Å². The lowest BCUT2D eigenvalue weighted by molar-refractivity contribution is -0.350. The van der Waals surface area contributed by atoms with Crippen molar-refractivity contribution in [3.8, 4) is 34.3 Å². The number of phenolic OH excluding ortho intramolecular Hbond substituents is 2. The summed E-state index contributed by atoms with van der Waals surface area (Å²) >= 11 is 0. The van der Waals surface area contributed by atoms with Gasteiger partial charge >= 0.3 is 0 Å². The van der Waals surface area contributed by atoms with Crippen LogP contribution in [0.3, 0.4) is 0 Å². The lowest BCUT2D eigenvalue weighted by Gasteiger charge is -2.45. The topological polar surface area (TPSA) is 249 Å². The molecule has 42 heavy (non-hydrogen) atoms. The number of benzene rings is 2. The number of ether oxygens (including phenoxy) is 4. The van der Waals surface area contributed by atoms with Crippen molar-refractivity contribution in [2.75, 3.05) is 6.61 Å². The Labute approximate surface area is 236 Å². The van der Waals surface area contributed by atoms with Gasteiger partial charge in [-0.15, -0.1) is 0 Å². The van der Waals surface area contributed by atoms with E-state index in [1.807, 2.05) is 0 Å². The Morgan fingerprint density at radius 2 is 1.52 bits per heavy atom. The molecule has 2 aromatic carbocycles. The van der Waals surface area contributed by atoms with Gasteiger partial charge in [0.15, 0.2) is 12.1 Å². The smallest absolute Gasteiger partial charge is 0.238 e. The van der Waals surface area contributed by atoms with Crippen molar-refractivity contribution >= 4 is 11.0 Å². The fraction of sp³-hybridized carbons (Fsp3) is 0.444. The lowest BCUT2D eigenvalue weighted by Crippen LogP contribution is -2.64. The molecule has 3 heterocycles. The minimum absolute atomic E-state index is 0.0612. The first kappa shape index (κ1) is 30.0. The highest BCUT2D eigenvalue weighted by atomic mass is 16.7. The zero-order chi connectivity index (χ0) is 30.5. The second kappa shape index (κ2) is 11.6. The van der Waals surface area contributed by atoms with E-state index in [4.69, 9.17) is 23.4 Å². The van der Waals surface area contributed by atoms with Crippen LogP contribution in [0.1, 0.15) is 6.92 Å². The van der Waals surface area contributed by atoms with Gasteiger partial charge in [0.2, 0.25) is 17.5 Å². The molecule has 0 unspecified atom stereocenters. The zero-order valence-electron chi connectivity index (χ0n) is 21.9. The average molecular weight is 595 g/mol. The Kier molecular flexibility index (Phi) is 8.30. The van der Waals surface area contributed by atoms with Crippen LogP contribution >= 0.6 is 0 Å². The number of fused-ring (bicyclic) bond motifs is 1. The Balaban J connectivity index is 1.42. The maximum absolute atomic E-state index is 12.8. The van der Waals surface area contributed by atoms with E-state index in [-0.39, 0.29) is 33.8 Å². The molecule has 2 aliphatic heterocycles. The van der Waals surface area contributed by atoms with Crippen molar-refractivity contribution < 1.29 is 69.3 Å². The number of rotatable bonds is 6. The van der Waals surface area contributed by atoms with E-state index in [2.05, 4.69) is 0 Å².